The number of ether oxygens (including phenoxy) is 2. The lowest BCUT2D eigenvalue weighted by molar-refractivity contribution is 0.0954. The highest BCUT2D eigenvalue weighted by Gasteiger charge is 2.21. The average Bonchev–Trinajstić information content (AvgIpc) is 3.16. The van der Waals surface area contributed by atoms with Gasteiger partial charge in [-0.05, 0) is 55.5 Å². The molecule has 3 aromatic rings. The molecule has 1 fully saturated rings. The Morgan fingerprint density at radius 1 is 1.15 bits per heavy atom. The van der Waals surface area contributed by atoms with Gasteiger partial charge in [0.05, 0.1) is 17.4 Å². The van der Waals surface area contributed by atoms with Gasteiger partial charge in [-0.25, -0.2) is 4.98 Å². The van der Waals surface area contributed by atoms with Gasteiger partial charge in [0.1, 0.15) is 11.4 Å². The van der Waals surface area contributed by atoms with Crippen LogP contribution < -0.4 is 10.1 Å². The highest BCUT2D eigenvalue weighted by atomic mass is 32.1. The molecule has 0 spiro atoms. The summed E-state index contributed by atoms with van der Waals surface area (Å²) in [5.74, 6) is 1.74. The van der Waals surface area contributed by atoms with Crippen LogP contribution in [0.2, 0.25) is 0 Å². The average molecular weight is 469 g/mol. The number of nitrogens with one attached hydrogen (secondary N) is 1. The minimum Gasteiger partial charge on any atom is -0.480 e. The van der Waals surface area contributed by atoms with Crippen LogP contribution in [0.3, 0.4) is 0 Å². The molecule has 0 bridgehead atoms. The minimum atomic E-state index is -0.114. The van der Waals surface area contributed by atoms with Gasteiger partial charge < -0.3 is 14.8 Å². The van der Waals surface area contributed by atoms with E-state index in [0.29, 0.717) is 23.1 Å². The molecule has 1 aromatic carbocycles. The molecule has 0 radical (unpaired) electrons. The third-order valence-electron chi connectivity index (χ3n) is 6.23. The Bertz CT molecular complexity index is 1110. The number of methoxy groups -OCH3 is 2. The number of hydrogen-bond donors (Lipinski definition) is 1. The summed E-state index contributed by atoms with van der Waals surface area (Å²) in [5, 5.41) is 3.83. The molecule has 2 aromatic heterocycles. The first-order valence-corrected chi connectivity index (χ1v) is 12.2. The number of carbonyl (C=O) groups is 1. The highest BCUT2D eigenvalue weighted by Crippen LogP contribution is 2.35. The quantitative estimate of drug-likeness (QED) is 0.531. The Labute approximate surface area is 199 Å². The molecule has 0 unspecified atom stereocenters. The van der Waals surface area contributed by atoms with Crippen LogP contribution in [0, 0.1) is 12.8 Å². The van der Waals surface area contributed by atoms with Crippen molar-refractivity contribution in [2.75, 3.05) is 27.3 Å². The molecular formula is C25H32N4O3S. The van der Waals surface area contributed by atoms with Crippen LogP contribution in [0.5, 0.6) is 5.88 Å². The Morgan fingerprint density at radius 2 is 1.85 bits per heavy atom. The number of nitrogens with zero attached hydrogens (tertiary/aromatic N) is 3. The van der Waals surface area contributed by atoms with Crippen molar-refractivity contribution in [2.45, 2.75) is 46.4 Å². The number of hydrogen-bond acceptors (Lipinski definition) is 7. The van der Waals surface area contributed by atoms with Crippen LogP contribution in [0.25, 0.3) is 10.2 Å². The Kier molecular flexibility index (Phi) is 7.57. The number of amides is 1. The smallest absolute Gasteiger partial charge is 0.261 e. The topological polar surface area (TPSA) is 76.6 Å². The second-order valence-corrected chi connectivity index (χ2v) is 9.78. The van der Waals surface area contributed by atoms with Crippen molar-refractivity contribution in [3.05, 3.63) is 51.7 Å². The van der Waals surface area contributed by atoms with E-state index in [1.807, 2.05) is 6.92 Å². The van der Waals surface area contributed by atoms with E-state index in [9.17, 15) is 4.79 Å². The molecule has 1 aliphatic heterocycles. The number of piperidine rings is 1. The van der Waals surface area contributed by atoms with E-state index in [2.05, 4.69) is 51.4 Å². The lowest BCUT2D eigenvalue weighted by Gasteiger charge is -2.30. The number of aryl methyl sites for hydroxylation is 1. The maximum Gasteiger partial charge on any atom is 0.261 e. The summed E-state index contributed by atoms with van der Waals surface area (Å²) < 4.78 is 10.6. The largest absolute Gasteiger partial charge is 0.480 e. The molecule has 0 aliphatic carbocycles. The zero-order valence-electron chi connectivity index (χ0n) is 19.8. The predicted octanol–water partition coefficient (Wildman–Crippen LogP) is 4.32. The van der Waals surface area contributed by atoms with Gasteiger partial charge in [0.25, 0.3) is 5.91 Å². The molecule has 8 heteroatoms. The van der Waals surface area contributed by atoms with Gasteiger partial charge in [-0.1, -0.05) is 31.2 Å². The van der Waals surface area contributed by atoms with Crippen molar-refractivity contribution >= 4 is 27.5 Å². The third kappa shape index (κ3) is 5.51. The van der Waals surface area contributed by atoms with Crippen molar-refractivity contribution in [2.24, 2.45) is 5.92 Å². The summed E-state index contributed by atoms with van der Waals surface area (Å²) in [6.07, 6.45) is 2.57. The second kappa shape index (κ2) is 10.6. The summed E-state index contributed by atoms with van der Waals surface area (Å²) in [4.78, 5) is 25.8. The van der Waals surface area contributed by atoms with Gasteiger partial charge in [0, 0.05) is 20.2 Å². The fourth-order valence-corrected chi connectivity index (χ4v) is 5.31. The molecule has 176 valence electrons. The van der Waals surface area contributed by atoms with E-state index in [-0.39, 0.29) is 12.5 Å². The number of aromatic nitrogens is 2. The van der Waals surface area contributed by atoms with Crippen molar-refractivity contribution < 1.29 is 14.3 Å². The normalized spacial score (nSPS) is 15.2. The van der Waals surface area contributed by atoms with Crippen LogP contribution in [0.1, 0.15) is 52.0 Å². The molecule has 1 N–H and O–H groups in total. The van der Waals surface area contributed by atoms with Crippen LogP contribution in [0.15, 0.2) is 24.3 Å². The first-order valence-electron chi connectivity index (χ1n) is 11.4. The molecule has 3 heterocycles. The molecule has 7 nitrogen and oxygen atoms in total. The van der Waals surface area contributed by atoms with Gasteiger partial charge in [-0.15, -0.1) is 11.3 Å². The summed E-state index contributed by atoms with van der Waals surface area (Å²) in [6, 6.07) is 8.54. The molecule has 0 atom stereocenters. The molecule has 1 amide bonds. The van der Waals surface area contributed by atoms with E-state index >= 15 is 0 Å². The lowest BCUT2D eigenvalue weighted by atomic mass is 9.99. The van der Waals surface area contributed by atoms with Gasteiger partial charge in [-0.2, -0.15) is 4.98 Å². The fraction of sp³-hybridized carbons (Fsp3) is 0.480. The van der Waals surface area contributed by atoms with Gasteiger partial charge in [0.2, 0.25) is 5.88 Å². The number of rotatable bonds is 8. The van der Waals surface area contributed by atoms with Gasteiger partial charge in [0.15, 0.2) is 5.82 Å². The van der Waals surface area contributed by atoms with E-state index in [1.165, 1.54) is 42.8 Å². The molecular weight excluding hydrogens is 436 g/mol. The van der Waals surface area contributed by atoms with Crippen LogP contribution in [0.4, 0.5) is 0 Å². The van der Waals surface area contributed by atoms with E-state index in [4.69, 9.17) is 9.47 Å². The second-order valence-electron chi connectivity index (χ2n) is 8.78. The molecule has 0 saturated carbocycles. The van der Waals surface area contributed by atoms with E-state index < -0.39 is 0 Å². The Morgan fingerprint density at radius 3 is 2.52 bits per heavy atom. The van der Waals surface area contributed by atoms with Crippen molar-refractivity contribution in [3.63, 3.8) is 0 Å². The maximum atomic E-state index is 13.0. The first kappa shape index (κ1) is 23.6. The highest BCUT2D eigenvalue weighted by molar-refractivity contribution is 7.20. The zero-order valence-corrected chi connectivity index (χ0v) is 20.6. The van der Waals surface area contributed by atoms with Crippen molar-refractivity contribution in [3.8, 4) is 5.88 Å². The first-order chi connectivity index (χ1) is 16.0. The third-order valence-corrected chi connectivity index (χ3v) is 7.42. The van der Waals surface area contributed by atoms with Crippen molar-refractivity contribution in [1.29, 1.82) is 0 Å². The van der Waals surface area contributed by atoms with Crippen LogP contribution in [-0.4, -0.2) is 48.1 Å². The summed E-state index contributed by atoms with van der Waals surface area (Å²) in [5.41, 5.74) is 3.23. The lowest BCUT2D eigenvalue weighted by Crippen LogP contribution is -2.32. The predicted molar refractivity (Wildman–Crippen MR) is 131 cm³/mol. The molecule has 1 aliphatic rings. The van der Waals surface area contributed by atoms with Gasteiger partial charge >= 0.3 is 0 Å². The summed E-state index contributed by atoms with van der Waals surface area (Å²) in [7, 11) is 3.17. The monoisotopic (exact) mass is 468 g/mol. The molecule has 4 rings (SSSR count). The molecule has 33 heavy (non-hydrogen) atoms. The minimum absolute atomic E-state index is 0.114. The van der Waals surface area contributed by atoms with E-state index in [0.717, 1.165) is 33.8 Å². The number of fused-ring (bicyclic) bond motifs is 1. The number of likely N-dealkylation sites (tertiary alicyclic amines) is 1. The van der Waals surface area contributed by atoms with Crippen LogP contribution >= 0.6 is 11.3 Å². The summed E-state index contributed by atoms with van der Waals surface area (Å²) in [6.45, 7) is 8.36. The molecule has 1 saturated heterocycles. The fourth-order valence-electron chi connectivity index (χ4n) is 4.21. The standard InChI is InChI=1S/C25H32N4O3S/c1-16-9-11-29(12-10-16)14-19-7-5-18(6-8-19)13-26-23(30)22-17(2)21-24(32-4)27-20(15-31-3)28-25(21)33-22/h5-8,16H,9-15H2,1-4H3,(H,26,30). The van der Waals surface area contributed by atoms with Crippen LogP contribution in [-0.2, 0) is 24.4 Å². The number of carbonyl (C=O) groups excluding carboxylic acids is 1. The Balaban J connectivity index is 1.40. The van der Waals surface area contributed by atoms with Gasteiger partial charge in [-0.3, -0.25) is 9.69 Å². The zero-order chi connectivity index (χ0) is 23.4. The number of thiophene rings is 1. The summed E-state index contributed by atoms with van der Waals surface area (Å²) >= 11 is 1.35. The maximum absolute atomic E-state index is 13.0. The van der Waals surface area contributed by atoms with E-state index in [1.54, 1.807) is 14.2 Å². The SMILES string of the molecule is COCc1nc(OC)c2c(C)c(C(=O)NCc3ccc(CN4CCC(C)CC4)cc3)sc2n1. The van der Waals surface area contributed by atoms with Crippen molar-refractivity contribution in [1.82, 2.24) is 20.2 Å². The Hall–Kier alpha value is -2.55. The number of benzene rings is 1.